The average Bonchev–Trinajstić information content (AvgIpc) is 3.32. The van der Waals surface area contributed by atoms with Crippen molar-refractivity contribution in [1.82, 2.24) is 36.0 Å². The molecule has 0 aliphatic heterocycles. The van der Waals surface area contributed by atoms with Crippen molar-refractivity contribution in [1.29, 1.82) is 0 Å². The summed E-state index contributed by atoms with van der Waals surface area (Å²) in [6.07, 6.45) is 1.37. The number of nitrogens with zero attached hydrogens (tertiary/aromatic N) is 7. The van der Waals surface area contributed by atoms with Crippen LogP contribution in [0.5, 0.6) is 0 Å². The van der Waals surface area contributed by atoms with Crippen molar-refractivity contribution in [2.24, 2.45) is 10.8 Å². The van der Waals surface area contributed by atoms with E-state index < -0.39 is 29.5 Å². The zero-order valence-electron chi connectivity index (χ0n) is 38.6. The minimum atomic E-state index is -0.678. The molecule has 26 heteroatoms. The third kappa shape index (κ3) is 30.1. The van der Waals surface area contributed by atoms with Crippen LogP contribution < -0.4 is 21.7 Å². The third-order valence-electron chi connectivity index (χ3n) is 9.62. The Balaban J connectivity index is 2.01. The van der Waals surface area contributed by atoms with Crippen LogP contribution in [0.4, 0.5) is 5.69 Å². The molecule has 8 amide bonds. The largest absolute Gasteiger partial charge is 0.378 e. The van der Waals surface area contributed by atoms with Crippen molar-refractivity contribution in [2.75, 3.05) is 92.5 Å². The number of Topliss-reactive ketones (excluding diaryl/α,β-unsaturated/α-hetero) is 1. The molecule has 0 spiro atoms. The van der Waals surface area contributed by atoms with Gasteiger partial charge in [0.05, 0.1) is 52.7 Å². The minimum Gasteiger partial charge on any atom is -0.378 e. The van der Waals surface area contributed by atoms with Crippen LogP contribution >= 0.6 is 0 Å². The molecule has 0 fully saturated rings. The standard InChI is InChI=1S/C42H67N11O15/c1-50(23-29-66-28-21-47-42(62)32-7-9-33(10-8-32)48-49-44)38(58)17-13-36(56)45-19-26-67-30-24-52(64)39(59)15-11-34(54)6-4-2-3-5-22-51(63)41(61)18-14-37(57)46-20-27-68-31-25-53(65)40(60)16-12-35(43)55/h7-10,63-65H,2-6,11-31H2,1H3,(H2,43,55)(H,45,56)(H,46,57)(H,47,62). The molecule has 26 nitrogen and oxygen atoms in total. The first-order chi connectivity index (χ1) is 32.5. The van der Waals surface area contributed by atoms with Crippen LogP contribution in [0.2, 0.25) is 0 Å². The van der Waals surface area contributed by atoms with Crippen molar-refractivity contribution in [3.8, 4) is 0 Å². The van der Waals surface area contributed by atoms with Gasteiger partial charge in [-0.25, -0.2) is 15.2 Å². The third-order valence-corrected chi connectivity index (χ3v) is 9.62. The highest BCUT2D eigenvalue weighted by Gasteiger charge is 2.16. The first-order valence-electron chi connectivity index (χ1n) is 22.3. The summed E-state index contributed by atoms with van der Waals surface area (Å²) in [4.78, 5) is 112. The first kappa shape index (κ1) is 59.7. The SMILES string of the molecule is CN(CCOCCNC(=O)c1ccc(N=[N+]=[N-])cc1)C(=O)CCC(=O)NCCOCCN(O)C(=O)CCC(=O)CCCCCCN(O)C(=O)CCC(=O)NCCOCCN(O)C(=O)CCC(N)=O. The van der Waals surface area contributed by atoms with Crippen molar-refractivity contribution < 1.29 is 73.0 Å². The number of rotatable bonds is 39. The first-order valence-corrected chi connectivity index (χ1v) is 22.3. The Hall–Kier alpha value is -6.28. The van der Waals surface area contributed by atoms with E-state index in [2.05, 4.69) is 26.0 Å². The van der Waals surface area contributed by atoms with Gasteiger partial charge in [-0.1, -0.05) is 30.1 Å². The van der Waals surface area contributed by atoms with Gasteiger partial charge in [0.1, 0.15) is 5.78 Å². The summed E-state index contributed by atoms with van der Waals surface area (Å²) >= 11 is 0. The molecule has 0 aliphatic carbocycles. The molecule has 1 aromatic rings. The van der Waals surface area contributed by atoms with Crippen LogP contribution in [0.15, 0.2) is 29.4 Å². The van der Waals surface area contributed by atoms with E-state index in [1.165, 1.54) is 29.2 Å². The van der Waals surface area contributed by atoms with E-state index in [0.29, 0.717) is 52.1 Å². The lowest BCUT2D eigenvalue weighted by Gasteiger charge is -2.17. The quantitative estimate of drug-likeness (QED) is 0.0120. The number of hydrogen-bond donors (Lipinski definition) is 7. The zero-order valence-corrected chi connectivity index (χ0v) is 38.6. The number of carbonyl (C=O) groups excluding carboxylic acids is 9. The maximum atomic E-state index is 12.4. The van der Waals surface area contributed by atoms with E-state index in [1.807, 2.05) is 0 Å². The number of nitrogens with two attached hydrogens (primary N) is 1. The number of likely N-dealkylation sites (N-methyl/N-ethyl adjacent to an activating group) is 1. The second-order valence-corrected chi connectivity index (χ2v) is 15.1. The van der Waals surface area contributed by atoms with E-state index in [-0.39, 0.29) is 167 Å². The summed E-state index contributed by atoms with van der Waals surface area (Å²) < 4.78 is 16.0. The Kier molecular flexibility index (Phi) is 32.3. The molecule has 68 heavy (non-hydrogen) atoms. The van der Waals surface area contributed by atoms with Crippen molar-refractivity contribution in [3.63, 3.8) is 0 Å². The van der Waals surface area contributed by atoms with E-state index in [0.717, 1.165) is 0 Å². The fraction of sp³-hybridized carbons (Fsp3) is 0.643. The molecule has 380 valence electrons. The fourth-order valence-corrected chi connectivity index (χ4v) is 5.64. The number of primary amides is 1. The highest BCUT2D eigenvalue weighted by Crippen LogP contribution is 2.13. The lowest BCUT2D eigenvalue weighted by molar-refractivity contribution is -0.168. The Morgan fingerprint density at radius 1 is 0.559 bits per heavy atom. The highest BCUT2D eigenvalue weighted by molar-refractivity contribution is 5.94. The summed E-state index contributed by atoms with van der Waals surface area (Å²) in [5, 5.41) is 42.3. The molecule has 0 atom stereocenters. The second kappa shape index (κ2) is 36.8. The molecule has 1 aromatic carbocycles. The number of unbranched alkanes of at least 4 members (excludes halogenated alkanes) is 3. The van der Waals surface area contributed by atoms with Gasteiger partial charge >= 0.3 is 0 Å². The molecule has 1 rings (SSSR count). The van der Waals surface area contributed by atoms with Gasteiger partial charge in [-0.2, -0.15) is 0 Å². The van der Waals surface area contributed by atoms with E-state index >= 15 is 0 Å². The number of ether oxygens (including phenoxy) is 3. The predicted octanol–water partition coefficient (Wildman–Crippen LogP) is 0.878. The summed E-state index contributed by atoms with van der Waals surface area (Å²) in [5.41, 5.74) is 14.2. The zero-order chi connectivity index (χ0) is 50.5. The maximum absolute atomic E-state index is 12.4. The number of benzene rings is 1. The number of carbonyl (C=O) groups is 9. The van der Waals surface area contributed by atoms with E-state index in [4.69, 9.17) is 25.5 Å². The maximum Gasteiger partial charge on any atom is 0.251 e. The fourth-order valence-electron chi connectivity index (χ4n) is 5.64. The Morgan fingerprint density at radius 2 is 1.01 bits per heavy atom. The van der Waals surface area contributed by atoms with Crippen LogP contribution in [0, 0.1) is 0 Å². The predicted molar refractivity (Wildman–Crippen MR) is 238 cm³/mol. The van der Waals surface area contributed by atoms with Gasteiger partial charge in [-0.3, -0.25) is 58.8 Å². The topological polar surface area (TPSA) is 366 Å². The van der Waals surface area contributed by atoms with Crippen LogP contribution in [-0.4, -0.2) is 181 Å². The van der Waals surface area contributed by atoms with Gasteiger partial charge in [-0.15, -0.1) is 0 Å². The average molecular weight is 966 g/mol. The van der Waals surface area contributed by atoms with E-state index in [1.54, 1.807) is 7.05 Å². The van der Waals surface area contributed by atoms with E-state index in [9.17, 15) is 58.8 Å². The number of amides is 8. The molecule has 0 aliphatic rings. The van der Waals surface area contributed by atoms with Gasteiger partial charge in [-0.05, 0) is 30.5 Å². The van der Waals surface area contributed by atoms with Gasteiger partial charge in [0, 0.05) is 114 Å². The van der Waals surface area contributed by atoms with Gasteiger partial charge in [0.2, 0.25) is 41.4 Å². The lowest BCUT2D eigenvalue weighted by Crippen LogP contribution is -2.34. The number of hydrogen-bond acceptors (Lipinski definition) is 16. The molecule has 8 N–H and O–H groups in total. The smallest absolute Gasteiger partial charge is 0.251 e. The Labute approximate surface area is 394 Å². The second-order valence-electron chi connectivity index (χ2n) is 15.1. The summed E-state index contributed by atoms with van der Waals surface area (Å²) in [6, 6.07) is 6.12. The minimum absolute atomic E-state index is 0.0194. The Morgan fingerprint density at radius 3 is 1.54 bits per heavy atom. The van der Waals surface area contributed by atoms with Crippen LogP contribution in [0.25, 0.3) is 10.4 Å². The molecule has 0 saturated heterocycles. The lowest BCUT2D eigenvalue weighted by atomic mass is 10.1. The van der Waals surface area contributed by atoms with Gasteiger partial charge in [0.25, 0.3) is 5.91 Å². The molecule has 0 saturated carbocycles. The Bertz CT molecular complexity index is 1800. The molecule has 0 heterocycles. The highest BCUT2D eigenvalue weighted by atomic mass is 16.5. The van der Waals surface area contributed by atoms with Gasteiger partial charge < -0.3 is 40.8 Å². The normalized spacial score (nSPS) is 10.6. The molecule has 0 aromatic heterocycles. The molecule has 0 radical (unpaired) electrons. The number of azide groups is 1. The molecular formula is C42H67N11O15. The number of nitrogens with one attached hydrogen (secondary N) is 3. The number of ketones is 1. The van der Waals surface area contributed by atoms with Crippen LogP contribution in [0.1, 0.15) is 93.8 Å². The van der Waals surface area contributed by atoms with Gasteiger partial charge in [0.15, 0.2) is 0 Å². The van der Waals surface area contributed by atoms with Crippen molar-refractivity contribution in [3.05, 3.63) is 40.3 Å². The summed E-state index contributed by atoms with van der Waals surface area (Å²) in [7, 11) is 1.59. The number of hydroxylamine groups is 6. The molecular weight excluding hydrogens is 899 g/mol. The monoisotopic (exact) mass is 965 g/mol. The van der Waals surface area contributed by atoms with Crippen molar-refractivity contribution >= 4 is 58.7 Å². The summed E-state index contributed by atoms with van der Waals surface area (Å²) in [6.45, 7) is 1.11. The van der Waals surface area contributed by atoms with Crippen molar-refractivity contribution in [2.45, 2.75) is 83.5 Å². The molecule has 0 bridgehead atoms. The molecule has 0 unspecified atom stereocenters. The van der Waals surface area contributed by atoms with Crippen LogP contribution in [-0.2, 0) is 52.6 Å². The van der Waals surface area contributed by atoms with Crippen LogP contribution in [0.3, 0.4) is 0 Å². The summed E-state index contributed by atoms with van der Waals surface area (Å²) in [5.74, 6) is -4.14.